The zero-order valence-corrected chi connectivity index (χ0v) is 16.1. The average Bonchev–Trinajstić information content (AvgIpc) is 3.31. The van der Waals surface area contributed by atoms with Crippen molar-refractivity contribution in [3.05, 3.63) is 76.7 Å². The van der Waals surface area contributed by atoms with Gasteiger partial charge in [-0.15, -0.1) is 0 Å². The number of fused-ring (bicyclic) bond motifs is 2. The lowest BCUT2D eigenvalue weighted by Gasteiger charge is -2.29. The molecular formula is C23H20ClFN2O. The summed E-state index contributed by atoms with van der Waals surface area (Å²) >= 11 is 6.25. The lowest BCUT2D eigenvalue weighted by atomic mass is 9.94. The number of hydrogen-bond donors (Lipinski definition) is 0. The molecule has 5 heteroatoms. The van der Waals surface area contributed by atoms with Crippen LogP contribution in [0.1, 0.15) is 35.2 Å². The second-order valence-corrected chi connectivity index (χ2v) is 7.99. The molecule has 0 aliphatic carbocycles. The van der Waals surface area contributed by atoms with E-state index in [2.05, 4.69) is 11.0 Å². The Labute approximate surface area is 168 Å². The molecule has 2 aliphatic rings. The van der Waals surface area contributed by atoms with Crippen LogP contribution in [0.4, 0.5) is 4.39 Å². The van der Waals surface area contributed by atoms with E-state index in [0.29, 0.717) is 22.1 Å². The van der Waals surface area contributed by atoms with E-state index in [9.17, 15) is 9.18 Å². The molecule has 2 aliphatic heterocycles. The highest BCUT2D eigenvalue weighted by Gasteiger charge is 2.29. The Morgan fingerprint density at radius 2 is 2.04 bits per heavy atom. The maximum absolute atomic E-state index is 14.1. The monoisotopic (exact) mass is 394 g/mol. The summed E-state index contributed by atoms with van der Waals surface area (Å²) in [6.07, 6.45) is 7.45. The average molecular weight is 395 g/mol. The Morgan fingerprint density at radius 3 is 2.89 bits per heavy atom. The fourth-order valence-electron chi connectivity index (χ4n) is 4.54. The van der Waals surface area contributed by atoms with E-state index in [1.807, 2.05) is 6.20 Å². The Balaban J connectivity index is 1.64. The topological polar surface area (TPSA) is 25.2 Å². The molecule has 5 rings (SSSR count). The highest BCUT2D eigenvalue weighted by Crippen LogP contribution is 2.36. The van der Waals surface area contributed by atoms with E-state index in [1.165, 1.54) is 30.5 Å². The molecule has 0 radical (unpaired) electrons. The van der Waals surface area contributed by atoms with Gasteiger partial charge in [-0.05, 0) is 61.7 Å². The van der Waals surface area contributed by atoms with Crippen LogP contribution in [0.3, 0.4) is 0 Å². The van der Waals surface area contributed by atoms with Gasteiger partial charge in [0.15, 0.2) is 0 Å². The van der Waals surface area contributed by atoms with Gasteiger partial charge in [0.05, 0.1) is 16.1 Å². The molecule has 142 valence electrons. The third-order valence-electron chi connectivity index (χ3n) is 5.96. The molecule has 0 saturated carbocycles. The summed E-state index contributed by atoms with van der Waals surface area (Å²) in [6.45, 7) is 2.07. The van der Waals surface area contributed by atoms with E-state index in [4.69, 9.17) is 11.6 Å². The molecule has 0 spiro atoms. The Hall–Kier alpha value is -2.43. The Bertz CT molecular complexity index is 1120. The smallest absolute Gasteiger partial charge is 0.263 e. The fourth-order valence-corrected chi connectivity index (χ4v) is 4.76. The molecule has 3 heterocycles. The van der Waals surface area contributed by atoms with Gasteiger partial charge >= 0.3 is 0 Å². The lowest BCUT2D eigenvalue weighted by Crippen LogP contribution is -2.32. The molecule has 1 saturated heterocycles. The maximum Gasteiger partial charge on any atom is 0.263 e. The molecule has 1 unspecified atom stereocenters. The number of aromatic nitrogens is 1. The van der Waals surface area contributed by atoms with Crippen molar-refractivity contribution >= 4 is 34.0 Å². The first-order valence-electron chi connectivity index (χ1n) is 9.65. The quantitative estimate of drug-likeness (QED) is 0.583. The third-order valence-corrected chi connectivity index (χ3v) is 6.29. The van der Waals surface area contributed by atoms with Crippen LogP contribution in [0.25, 0.3) is 16.5 Å². The van der Waals surface area contributed by atoms with Crippen LogP contribution in [0, 0.1) is 5.82 Å². The molecule has 3 aromatic rings. The van der Waals surface area contributed by atoms with Crippen LogP contribution in [0.15, 0.2) is 54.7 Å². The van der Waals surface area contributed by atoms with E-state index >= 15 is 0 Å². The van der Waals surface area contributed by atoms with Gasteiger partial charge in [0.2, 0.25) is 0 Å². The normalized spacial score (nSPS) is 19.6. The van der Waals surface area contributed by atoms with Crippen molar-refractivity contribution in [2.24, 2.45) is 0 Å². The van der Waals surface area contributed by atoms with Gasteiger partial charge in [-0.2, -0.15) is 0 Å². The first-order valence-corrected chi connectivity index (χ1v) is 10.0. The molecule has 2 aromatic carbocycles. The number of halogens is 2. The van der Waals surface area contributed by atoms with Gasteiger partial charge in [-0.1, -0.05) is 29.8 Å². The zero-order chi connectivity index (χ0) is 19.3. The molecule has 3 nitrogen and oxygen atoms in total. The van der Waals surface area contributed by atoms with Crippen LogP contribution in [-0.4, -0.2) is 34.5 Å². The van der Waals surface area contributed by atoms with Crippen molar-refractivity contribution < 1.29 is 9.18 Å². The summed E-state index contributed by atoms with van der Waals surface area (Å²) in [7, 11) is 0. The van der Waals surface area contributed by atoms with Crippen molar-refractivity contribution in [3.63, 3.8) is 0 Å². The lowest BCUT2D eigenvalue weighted by molar-refractivity contribution is 0.0965. The molecule has 1 aromatic heterocycles. The molecule has 28 heavy (non-hydrogen) atoms. The SMILES string of the molecule is O=C(c1ccccc1Cl)n1cc(C2=CCN3CCCC3C2)c2cc(F)ccc21. The Morgan fingerprint density at radius 1 is 1.18 bits per heavy atom. The molecule has 0 bridgehead atoms. The molecular weight excluding hydrogens is 375 g/mol. The van der Waals surface area contributed by atoms with Gasteiger partial charge < -0.3 is 0 Å². The van der Waals surface area contributed by atoms with Crippen LogP contribution >= 0.6 is 11.6 Å². The zero-order valence-electron chi connectivity index (χ0n) is 15.4. The van der Waals surface area contributed by atoms with Gasteiger partial charge in [0.25, 0.3) is 5.91 Å². The summed E-state index contributed by atoms with van der Waals surface area (Å²) in [4.78, 5) is 15.7. The summed E-state index contributed by atoms with van der Waals surface area (Å²) in [6, 6.07) is 12.2. The number of nitrogens with zero attached hydrogens (tertiary/aromatic N) is 2. The number of hydrogen-bond acceptors (Lipinski definition) is 2. The Kier molecular flexibility index (Phi) is 4.33. The van der Waals surface area contributed by atoms with E-state index in [0.717, 1.165) is 30.5 Å². The minimum absolute atomic E-state index is 0.202. The number of benzene rings is 2. The molecule has 1 atom stereocenters. The predicted molar refractivity (Wildman–Crippen MR) is 110 cm³/mol. The van der Waals surface area contributed by atoms with Crippen molar-refractivity contribution in [2.45, 2.75) is 25.3 Å². The van der Waals surface area contributed by atoms with Gasteiger partial charge in [0, 0.05) is 29.7 Å². The standard InChI is InChI=1S/C23H20ClFN2O/c24-21-6-2-1-5-18(21)23(28)27-14-20(19-13-16(25)7-8-22(19)27)15-9-11-26-10-3-4-17(26)12-15/h1-2,5-9,13-14,17H,3-4,10-12H2. The summed E-state index contributed by atoms with van der Waals surface area (Å²) in [5.41, 5.74) is 3.29. The minimum Gasteiger partial charge on any atom is -0.296 e. The van der Waals surface area contributed by atoms with Crippen molar-refractivity contribution in [3.8, 4) is 0 Å². The maximum atomic E-state index is 14.1. The summed E-state index contributed by atoms with van der Waals surface area (Å²) in [5.74, 6) is -0.497. The van der Waals surface area contributed by atoms with Crippen LogP contribution in [0.2, 0.25) is 5.02 Å². The highest BCUT2D eigenvalue weighted by atomic mass is 35.5. The molecule has 0 N–H and O–H groups in total. The summed E-state index contributed by atoms with van der Waals surface area (Å²) in [5, 5.41) is 1.19. The largest absolute Gasteiger partial charge is 0.296 e. The van der Waals surface area contributed by atoms with Crippen molar-refractivity contribution in [1.82, 2.24) is 9.47 Å². The first-order chi connectivity index (χ1) is 13.6. The third kappa shape index (κ3) is 2.88. The second kappa shape index (κ2) is 6.87. The van der Waals surface area contributed by atoms with E-state index in [-0.39, 0.29) is 11.7 Å². The summed E-state index contributed by atoms with van der Waals surface area (Å²) < 4.78 is 15.7. The van der Waals surface area contributed by atoms with Crippen LogP contribution < -0.4 is 0 Å². The van der Waals surface area contributed by atoms with Gasteiger partial charge in [-0.3, -0.25) is 14.3 Å². The van der Waals surface area contributed by atoms with Gasteiger partial charge in [-0.25, -0.2) is 4.39 Å². The predicted octanol–water partition coefficient (Wildman–Crippen LogP) is 5.37. The van der Waals surface area contributed by atoms with E-state index in [1.54, 1.807) is 34.9 Å². The first kappa shape index (κ1) is 17.7. The van der Waals surface area contributed by atoms with Crippen LogP contribution in [0.5, 0.6) is 0 Å². The number of carbonyl (C=O) groups is 1. The molecule has 1 fully saturated rings. The van der Waals surface area contributed by atoms with Crippen molar-refractivity contribution in [1.29, 1.82) is 0 Å². The number of rotatable bonds is 2. The fraction of sp³-hybridized carbons (Fsp3) is 0.261. The minimum atomic E-state index is -0.296. The van der Waals surface area contributed by atoms with Crippen LogP contribution in [-0.2, 0) is 0 Å². The van der Waals surface area contributed by atoms with E-state index < -0.39 is 0 Å². The molecule has 0 amide bonds. The highest BCUT2D eigenvalue weighted by molar-refractivity contribution is 6.34. The second-order valence-electron chi connectivity index (χ2n) is 7.58. The number of carbonyl (C=O) groups excluding carboxylic acids is 1. The van der Waals surface area contributed by atoms with Crippen molar-refractivity contribution in [2.75, 3.05) is 13.1 Å². The van der Waals surface area contributed by atoms with Gasteiger partial charge in [0.1, 0.15) is 5.82 Å².